The summed E-state index contributed by atoms with van der Waals surface area (Å²) in [6, 6.07) is 11.7. The number of hydrogen-bond donors (Lipinski definition) is 4. The summed E-state index contributed by atoms with van der Waals surface area (Å²) >= 11 is 2.35. The number of nitrogens with zero attached hydrogens (tertiary/aromatic N) is 2. The fraction of sp³-hybridized carbons (Fsp3) is 0.160. The predicted octanol–water partition coefficient (Wildman–Crippen LogP) is 5.70. The van der Waals surface area contributed by atoms with E-state index in [1.54, 1.807) is 74.8 Å². The number of carbonyl (C=O) groups is 3. The van der Waals surface area contributed by atoms with E-state index in [4.69, 9.17) is 10.5 Å². The molecule has 4 aromatic rings. The fourth-order valence-electron chi connectivity index (χ4n) is 3.12. The molecule has 0 atom stereocenters. The van der Waals surface area contributed by atoms with Gasteiger partial charge < -0.3 is 21.1 Å². The molecular weight excluding hydrogens is 512 g/mol. The van der Waals surface area contributed by atoms with Crippen molar-refractivity contribution in [2.45, 2.75) is 26.4 Å². The number of carbonyl (C=O) groups excluding carboxylic acids is 3. The van der Waals surface area contributed by atoms with Crippen LogP contribution in [0.4, 0.5) is 27.5 Å². The molecule has 37 heavy (non-hydrogen) atoms. The van der Waals surface area contributed by atoms with Crippen molar-refractivity contribution in [3.05, 3.63) is 70.3 Å². The quantitative estimate of drug-likeness (QED) is 0.231. The molecular formula is C25H24N6O4S2. The lowest BCUT2D eigenvalue weighted by Crippen LogP contribution is -2.27. The van der Waals surface area contributed by atoms with E-state index in [1.165, 1.54) is 17.5 Å². The SMILES string of the molecule is CC(C)(C)OC(=O)Nc1ccc(NC(=O)c2nccs2)cc1-c1cnc(C(=O)Nc2ccc(N)cc2)s1. The van der Waals surface area contributed by atoms with Crippen LogP contribution in [0.15, 0.2) is 60.2 Å². The number of benzene rings is 2. The van der Waals surface area contributed by atoms with Gasteiger partial charge in [0.25, 0.3) is 11.8 Å². The Kier molecular flexibility index (Phi) is 7.50. The number of nitrogens with one attached hydrogen (secondary N) is 3. The Labute approximate surface area is 220 Å². The molecule has 3 amide bonds. The van der Waals surface area contributed by atoms with Crippen molar-refractivity contribution in [1.29, 1.82) is 0 Å². The number of aromatic nitrogens is 2. The summed E-state index contributed by atoms with van der Waals surface area (Å²) in [6.07, 6.45) is 2.44. The molecule has 12 heteroatoms. The predicted molar refractivity (Wildman–Crippen MR) is 146 cm³/mol. The number of amides is 3. The highest BCUT2D eigenvalue weighted by Crippen LogP contribution is 2.35. The Bertz CT molecular complexity index is 1430. The van der Waals surface area contributed by atoms with E-state index >= 15 is 0 Å². The molecule has 2 aromatic heterocycles. The largest absolute Gasteiger partial charge is 0.444 e. The van der Waals surface area contributed by atoms with Crippen molar-refractivity contribution in [2.75, 3.05) is 21.7 Å². The summed E-state index contributed by atoms with van der Waals surface area (Å²) in [4.78, 5) is 46.6. The Morgan fingerprint density at radius 2 is 1.57 bits per heavy atom. The maximum Gasteiger partial charge on any atom is 0.412 e. The maximum atomic E-state index is 12.8. The first-order chi connectivity index (χ1) is 17.6. The van der Waals surface area contributed by atoms with Gasteiger partial charge in [-0.25, -0.2) is 14.8 Å². The van der Waals surface area contributed by atoms with Crippen LogP contribution in [0.3, 0.4) is 0 Å². The summed E-state index contributed by atoms with van der Waals surface area (Å²) in [5, 5.41) is 10.6. The van der Waals surface area contributed by atoms with Gasteiger partial charge in [-0.3, -0.25) is 14.9 Å². The van der Waals surface area contributed by atoms with Crippen LogP contribution in [0.5, 0.6) is 0 Å². The normalized spacial score (nSPS) is 11.0. The summed E-state index contributed by atoms with van der Waals surface area (Å²) in [5.41, 5.74) is 7.62. The number of rotatable bonds is 6. The standard InChI is InChI=1S/C25H24N6O4S2/c1-25(2,3)35-24(34)31-18-9-8-16(30-20(32)22-27-10-11-36-22)12-17(18)19-13-28-23(37-19)21(33)29-15-6-4-14(26)5-7-15/h4-13H,26H2,1-3H3,(H,29,33)(H,30,32)(H,31,34). The van der Waals surface area contributed by atoms with E-state index in [2.05, 4.69) is 25.9 Å². The molecule has 0 radical (unpaired) electrons. The van der Waals surface area contributed by atoms with Gasteiger partial charge in [-0.05, 0) is 63.2 Å². The van der Waals surface area contributed by atoms with Crippen molar-refractivity contribution >= 4 is 63.3 Å². The molecule has 0 unspecified atom stereocenters. The smallest absolute Gasteiger partial charge is 0.412 e. The highest BCUT2D eigenvalue weighted by atomic mass is 32.1. The van der Waals surface area contributed by atoms with Crippen LogP contribution in [0, 0.1) is 0 Å². The van der Waals surface area contributed by atoms with Crippen molar-refractivity contribution < 1.29 is 19.1 Å². The van der Waals surface area contributed by atoms with E-state index in [0.29, 0.717) is 38.2 Å². The topological polar surface area (TPSA) is 148 Å². The van der Waals surface area contributed by atoms with Crippen LogP contribution >= 0.6 is 22.7 Å². The highest BCUT2D eigenvalue weighted by Gasteiger charge is 2.20. The lowest BCUT2D eigenvalue weighted by atomic mass is 10.1. The van der Waals surface area contributed by atoms with Crippen molar-refractivity contribution in [2.24, 2.45) is 0 Å². The molecule has 0 bridgehead atoms. The van der Waals surface area contributed by atoms with E-state index in [-0.39, 0.29) is 10.9 Å². The van der Waals surface area contributed by atoms with E-state index in [9.17, 15) is 14.4 Å². The van der Waals surface area contributed by atoms with Crippen LogP contribution < -0.4 is 21.7 Å². The third-order valence-electron chi connectivity index (χ3n) is 4.67. The first-order valence-electron chi connectivity index (χ1n) is 11.1. The summed E-state index contributed by atoms with van der Waals surface area (Å²) in [7, 11) is 0. The summed E-state index contributed by atoms with van der Waals surface area (Å²) in [6.45, 7) is 5.29. The number of hydrogen-bond acceptors (Lipinski definition) is 9. The van der Waals surface area contributed by atoms with Gasteiger partial charge in [0.15, 0.2) is 10.0 Å². The second-order valence-corrected chi connectivity index (χ2v) is 10.7. The summed E-state index contributed by atoms with van der Waals surface area (Å²) < 4.78 is 5.38. The van der Waals surface area contributed by atoms with Gasteiger partial charge in [-0.1, -0.05) is 0 Å². The molecule has 0 spiro atoms. The first kappa shape index (κ1) is 25.8. The molecule has 0 aliphatic carbocycles. The van der Waals surface area contributed by atoms with Crippen molar-refractivity contribution in [3.8, 4) is 10.4 Å². The van der Waals surface area contributed by atoms with Crippen LogP contribution in [-0.2, 0) is 4.74 Å². The van der Waals surface area contributed by atoms with Gasteiger partial charge in [0.2, 0.25) is 0 Å². The first-order valence-corrected chi connectivity index (χ1v) is 12.7. The molecule has 0 aliphatic heterocycles. The van der Waals surface area contributed by atoms with Gasteiger partial charge in [-0.15, -0.1) is 22.7 Å². The molecule has 5 N–H and O–H groups in total. The second-order valence-electron chi connectivity index (χ2n) is 8.78. The van der Waals surface area contributed by atoms with Crippen LogP contribution in [-0.4, -0.2) is 33.5 Å². The second kappa shape index (κ2) is 10.8. The maximum absolute atomic E-state index is 12.8. The zero-order valence-corrected chi connectivity index (χ0v) is 21.8. The Morgan fingerprint density at radius 3 is 2.24 bits per heavy atom. The lowest BCUT2D eigenvalue weighted by Gasteiger charge is -2.20. The third kappa shape index (κ3) is 6.90. The van der Waals surface area contributed by atoms with Crippen molar-refractivity contribution in [3.63, 3.8) is 0 Å². The van der Waals surface area contributed by atoms with Gasteiger partial charge in [0, 0.05) is 40.4 Å². The van der Waals surface area contributed by atoms with Crippen molar-refractivity contribution in [1.82, 2.24) is 9.97 Å². The molecule has 2 heterocycles. The number of nitrogens with two attached hydrogens (primary N) is 1. The molecule has 4 rings (SSSR count). The molecule has 10 nitrogen and oxygen atoms in total. The average molecular weight is 537 g/mol. The van der Waals surface area contributed by atoms with Gasteiger partial charge in [0.1, 0.15) is 5.60 Å². The number of ether oxygens (including phenoxy) is 1. The summed E-state index contributed by atoms with van der Waals surface area (Å²) in [5.74, 6) is -0.752. The lowest BCUT2D eigenvalue weighted by molar-refractivity contribution is 0.0635. The van der Waals surface area contributed by atoms with Crippen LogP contribution in [0.25, 0.3) is 10.4 Å². The fourth-order valence-corrected chi connectivity index (χ4v) is 4.50. The van der Waals surface area contributed by atoms with E-state index < -0.39 is 17.6 Å². The highest BCUT2D eigenvalue weighted by molar-refractivity contribution is 7.17. The van der Waals surface area contributed by atoms with E-state index in [1.807, 2.05) is 0 Å². The zero-order valence-electron chi connectivity index (χ0n) is 20.2. The van der Waals surface area contributed by atoms with Gasteiger partial charge in [-0.2, -0.15) is 0 Å². The molecule has 0 aliphatic rings. The number of thiazole rings is 2. The minimum Gasteiger partial charge on any atom is -0.444 e. The minimum atomic E-state index is -0.691. The molecule has 2 aromatic carbocycles. The Balaban J connectivity index is 1.61. The molecule has 0 fully saturated rings. The monoisotopic (exact) mass is 536 g/mol. The molecule has 190 valence electrons. The van der Waals surface area contributed by atoms with E-state index in [0.717, 1.165) is 11.3 Å². The minimum absolute atomic E-state index is 0.215. The Hall–Kier alpha value is -4.29. The number of anilines is 4. The van der Waals surface area contributed by atoms with Crippen LogP contribution in [0.1, 0.15) is 40.4 Å². The van der Waals surface area contributed by atoms with Gasteiger partial charge in [0.05, 0.1) is 10.6 Å². The van der Waals surface area contributed by atoms with Gasteiger partial charge >= 0.3 is 6.09 Å². The average Bonchev–Trinajstić information content (AvgIpc) is 3.53. The van der Waals surface area contributed by atoms with Crippen LogP contribution in [0.2, 0.25) is 0 Å². The third-order valence-corrected chi connectivity index (χ3v) is 6.47. The molecule has 0 saturated carbocycles. The Morgan fingerprint density at radius 1 is 0.892 bits per heavy atom. The number of nitrogen functional groups attached to an aromatic ring is 1. The zero-order chi connectivity index (χ0) is 26.6. The molecule has 0 saturated heterocycles.